The maximum Gasteiger partial charge on any atom is 0.254 e. The molecule has 0 unspecified atom stereocenters. The van der Waals surface area contributed by atoms with Crippen LogP contribution in [0, 0.1) is 0 Å². The van der Waals surface area contributed by atoms with Crippen LogP contribution in [-0.4, -0.2) is 36.2 Å². The lowest BCUT2D eigenvalue weighted by Crippen LogP contribution is -2.35. The molecule has 2 rings (SSSR count). The van der Waals surface area contributed by atoms with Crippen molar-refractivity contribution in [3.05, 3.63) is 58.1 Å². The number of rotatable bonds is 5. The Morgan fingerprint density at radius 2 is 1.62 bits per heavy atom. The van der Waals surface area contributed by atoms with E-state index in [1.165, 1.54) is 18.9 Å². The Bertz CT molecular complexity index is 835. The number of nitrogens with one attached hydrogen (secondary N) is 2. The van der Waals surface area contributed by atoms with Crippen LogP contribution in [0.1, 0.15) is 17.3 Å². The average Bonchev–Trinajstić information content (AvgIpc) is 2.57. The van der Waals surface area contributed by atoms with E-state index in [0.717, 1.165) is 0 Å². The summed E-state index contributed by atoms with van der Waals surface area (Å²) in [4.78, 5) is 37.1. The van der Waals surface area contributed by atoms with Crippen molar-refractivity contribution in [1.29, 1.82) is 0 Å². The van der Waals surface area contributed by atoms with E-state index < -0.39 is 5.91 Å². The Balaban J connectivity index is 2.04. The van der Waals surface area contributed by atoms with Crippen LogP contribution in [0.25, 0.3) is 0 Å². The zero-order valence-electron chi connectivity index (χ0n) is 14.2. The number of anilines is 2. The summed E-state index contributed by atoms with van der Waals surface area (Å²) < 4.78 is 0. The Hall–Kier alpha value is -2.57. The third-order valence-electron chi connectivity index (χ3n) is 3.38. The van der Waals surface area contributed by atoms with E-state index in [-0.39, 0.29) is 18.4 Å². The number of halogens is 2. The molecular formula is C18H17Cl2N3O3. The molecule has 0 fully saturated rings. The van der Waals surface area contributed by atoms with Crippen molar-refractivity contribution in [2.45, 2.75) is 6.92 Å². The molecule has 26 heavy (non-hydrogen) atoms. The monoisotopic (exact) mass is 393 g/mol. The summed E-state index contributed by atoms with van der Waals surface area (Å²) >= 11 is 12.0. The van der Waals surface area contributed by atoms with Gasteiger partial charge in [0.2, 0.25) is 11.8 Å². The predicted molar refractivity (Wildman–Crippen MR) is 103 cm³/mol. The molecule has 0 atom stereocenters. The fourth-order valence-electron chi connectivity index (χ4n) is 2.24. The molecule has 0 bridgehead atoms. The zero-order chi connectivity index (χ0) is 19.3. The summed E-state index contributed by atoms with van der Waals surface area (Å²) in [5.74, 6) is -1.04. The predicted octanol–water partition coefficient (Wildman–Crippen LogP) is 3.66. The van der Waals surface area contributed by atoms with E-state index in [4.69, 9.17) is 23.2 Å². The van der Waals surface area contributed by atoms with Crippen molar-refractivity contribution >= 4 is 52.3 Å². The second-order valence-electron chi connectivity index (χ2n) is 5.57. The number of nitrogens with zero attached hydrogens (tertiary/aromatic N) is 1. The Morgan fingerprint density at radius 3 is 2.23 bits per heavy atom. The van der Waals surface area contributed by atoms with E-state index >= 15 is 0 Å². The Kier molecular flexibility index (Phi) is 6.60. The molecule has 0 saturated heterocycles. The zero-order valence-corrected chi connectivity index (χ0v) is 15.7. The van der Waals surface area contributed by atoms with Gasteiger partial charge in [0.15, 0.2) is 0 Å². The van der Waals surface area contributed by atoms with Gasteiger partial charge in [-0.05, 0) is 30.3 Å². The van der Waals surface area contributed by atoms with Crippen LogP contribution in [0.4, 0.5) is 11.4 Å². The van der Waals surface area contributed by atoms with Gasteiger partial charge in [-0.3, -0.25) is 14.4 Å². The fourth-order valence-corrected chi connectivity index (χ4v) is 2.73. The first kappa shape index (κ1) is 19.8. The summed E-state index contributed by atoms with van der Waals surface area (Å²) in [7, 11) is 1.50. The molecular weight excluding hydrogens is 377 g/mol. The van der Waals surface area contributed by atoms with Gasteiger partial charge in [0.1, 0.15) is 0 Å². The molecule has 0 aliphatic carbocycles. The molecule has 0 aliphatic rings. The van der Waals surface area contributed by atoms with Gasteiger partial charge in [-0.15, -0.1) is 0 Å². The maximum atomic E-state index is 12.5. The van der Waals surface area contributed by atoms with Gasteiger partial charge in [-0.25, -0.2) is 0 Å². The lowest BCUT2D eigenvalue weighted by Gasteiger charge is -2.18. The lowest BCUT2D eigenvalue weighted by atomic mass is 10.1. The van der Waals surface area contributed by atoms with E-state index in [1.807, 2.05) is 0 Å². The number of likely N-dealkylation sites (N-methyl/N-ethyl adjacent to an activating group) is 1. The lowest BCUT2D eigenvalue weighted by molar-refractivity contribution is -0.116. The number of carbonyl (C=O) groups excluding carboxylic acids is 3. The summed E-state index contributed by atoms with van der Waals surface area (Å²) in [5.41, 5.74) is 1.15. The number of para-hydroxylation sites is 1. The molecule has 0 saturated carbocycles. The fraction of sp³-hybridized carbons (Fsp3) is 0.167. The van der Waals surface area contributed by atoms with Crippen molar-refractivity contribution < 1.29 is 14.4 Å². The van der Waals surface area contributed by atoms with Crippen LogP contribution in [0.2, 0.25) is 10.0 Å². The van der Waals surface area contributed by atoms with E-state index in [0.29, 0.717) is 27.0 Å². The molecule has 0 aromatic heterocycles. The highest BCUT2D eigenvalue weighted by molar-refractivity contribution is 6.39. The first-order valence-electron chi connectivity index (χ1n) is 7.65. The minimum absolute atomic E-state index is 0.190. The van der Waals surface area contributed by atoms with Gasteiger partial charge in [0, 0.05) is 25.2 Å². The number of hydrogen-bond acceptors (Lipinski definition) is 3. The molecule has 6 nitrogen and oxygen atoms in total. The smallest absolute Gasteiger partial charge is 0.254 e. The molecule has 0 heterocycles. The highest BCUT2D eigenvalue weighted by atomic mass is 35.5. The van der Waals surface area contributed by atoms with Gasteiger partial charge in [0.05, 0.1) is 22.3 Å². The van der Waals surface area contributed by atoms with Crippen molar-refractivity contribution in [2.24, 2.45) is 0 Å². The topological polar surface area (TPSA) is 78.5 Å². The van der Waals surface area contributed by atoms with Gasteiger partial charge in [-0.1, -0.05) is 35.3 Å². The highest BCUT2D eigenvalue weighted by Gasteiger charge is 2.17. The third-order valence-corrected chi connectivity index (χ3v) is 4.01. The molecule has 3 amide bonds. The number of benzene rings is 2. The van der Waals surface area contributed by atoms with Crippen LogP contribution in [-0.2, 0) is 9.59 Å². The van der Waals surface area contributed by atoms with Gasteiger partial charge in [-0.2, -0.15) is 0 Å². The quantitative estimate of drug-likeness (QED) is 0.813. The largest absolute Gasteiger partial charge is 0.332 e. The average molecular weight is 394 g/mol. The number of hydrogen-bond donors (Lipinski definition) is 2. The van der Waals surface area contributed by atoms with Crippen LogP contribution in [0.3, 0.4) is 0 Å². The Morgan fingerprint density at radius 1 is 1.00 bits per heavy atom. The van der Waals surface area contributed by atoms with Crippen molar-refractivity contribution in [2.75, 3.05) is 24.2 Å². The van der Waals surface area contributed by atoms with Gasteiger partial charge < -0.3 is 15.5 Å². The van der Waals surface area contributed by atoms with Crippen molar-refractivity contribution in [3.8, 4) is 0 Å². The number of amides is 3. The molecule has 0 radical (unpaired) electrons. The molecule has 8 heteroatoms. The second kappa shape index (κ2) is 8.69. The van der Waals surface area contributed by atoms with Crippen LogP contribution in [0.5, 0.6) is 0 Å². The summed E-state index contributed by atoms with van der Waals surface area (Å²) in [5, 5.41) is 5.82. The van der Waals surface area contributed by atoms with E-state index in [2.05, 4.69) is 10.6 Å². The highest BCUT2D eigenvalue weighted by Crippen LogP contribution is 2.29. The molecule has 2 aromatic rings. The van der Waals surface area contributed by atoms with E-state index in [1.54, 1.807) is 42.5 Å². The van der Waals surface area contributed by atoms with Gasteiger partial charge >= 0.3 is 0 Å². The van der Waals surface area contributed by atoms with Crippen molar-refractivity contribution in [3.63, 3.8) is 0 Å². The molecule has 2 N–H and O–H groups in total. The van der Waals surface area contributed by atoms with Crippen LogP contribution in [0.15, 0.2) is 42.5 Å². The van der Waals surface area contributed by atoms with Crippen LogP contribution < -0.4 is 10.6 Å². The SMILES string of the molecule is CC(=O)Nc1cccc(C(=O)N(C)CC(=O)Nc2c(Cl)cccc2Cl)c1. The third kappa shape index (κ3) is 5.21. The molecule has 2 aromatic carbocycles. The van der Waals surface area contributed by atoms with E-state index in [9.17, 15) is 14.4 Å². The minimum atomic E-state index is -0.436. The summed E-state index contributed by atoms with van der Waals surface area (Å²) in [6.45, 7) is 1.19. The van der Waals surface area contributed by atoms with Crippen molar-refractivity contribution in [1.82, 2.24) is 4.90 Å². The second-order valence-corrected chi connectivity index (χ2v) is 6.38. The summed E-state index contributed by atoms with van der Waals surface area (Å²) in [6, 6.07) is 11.3. The van der Waals surface area contributed by atoms with Gasteiger partial charge in [0.25, 0.3) is 5.91 Å². The molecule has 0 spiro atoms. The summed E-state index contributed by atoms with van der Waals surface area (Å²) in [6.07, 6.45) is 0. The van der Waals surface area contributed by atoms with Crippen LogP contribution >= 0.6 is 23.2 Å². The number of carbonyl (C=O) groups is 3. The molecule has 136 valence electrons. The standard InChI is InChI=1S/C18H17Cl2N3O3/c1-11(24)21-13-6-3-5-12(9-13)18(26)23(2)10-16(25)22-17-14(19)7-4-8-15(17)20/h3-9H,10H2,1-2H3,(H,21,24)(H,22,25). The normalized spacial score (nSPS) is 10.2. The Labute approximate surface area is 161 Å². The minimum Gasteiger partial charge on any atom is -0.332 e. The first-order chi connectivity index (χ1) is 12.3. The first-order valence-corrected chi connectivity index (χ1v) is 8.40. The molecule has 0 aliphatic heterocycles. The maximum absolute atomic E-state index is 12.5.